The highest BCUT2D eigenvalue weighted by molar-refractivity contribution is 5.94. The zero-order chi connectivity index (χ0) is 14.7. The number of nitro benzene ring substituents is 1. The first kappa shape index (κ1) is 15.0. The number of ether oxygens (including phenoxy) is 1. The van der Waals surface area contributed by atoms with E-state index in [9.17, 15) is 23.7 Å². The van der Waals surface area contributed by atoms with Crippen molar-refractivity contribution >= 4 is 11.7 Å². The van der Waals surface area contributed by atoms with Crippen LogP contribution in [0.3, 0.4) is 0 Å². The second kappa shape index (κ2) is 5.73. The van der Waals surface area contributed by atoms with Crippen LogP contribution < -0.4 is 0 Å². The first-order chi connectivity index (χ1) is 8.73. The maximum atomic E-state index is 13.1. The molecule has 1 aromatic rings. The van der Waals surface area contributed by atoms with Gasteiger partial charge in [0.2, 0.25) is 0 Å². The molecule has 0 saturated heterocycles. The summed E-state index contributed by atoms with van der Waals surface area (Å²) in [4.78, 5) is 21.5. The zero-order valence-electron chi connectivity index (χ0n) is 10.6. The third-order valence-electron chi connectivity index (χ3n) is 2.69. The van der Waals surface area contributed by atoms with E-state index in [-0.39, 0.29) is 5.92 Å². The Morgan fingerprint density at radius 1 is 1.26 bits per heavy atom. The fraction of sp³-hybridized carbons (Fsp3) is 0.417. The van der Waals surface area contributed by atoms with Crippen molar-refractivity contribution in [3.63, 3.8) is 0 Å². The minimum atomic E-state index is -1.39. The minimum Gasteiger partial charge on any atom is -0.459 e. The lowest BCUT2D eigenvalue weighted by Gasteiger charge is -2.16. The molecule has 19 heavy (non-hydrogen) atoms. The van der Waals surface area contributed by atoms with Gasteiger partial charge in [0.05, 0.1) is 11.0 Å². The molecule has 104 valence electrons. The molecule has 0 bridgehead atoms. The Bertz CT molecular complexity index is 517. The number of carbonyl (C=O) groups excluding carboxylic acids is 1. The largest absolute Gasteiger partial charge is 0.459 e. The number of hydrogen-bond acceptors (Lipinski definition) is 4. The second-order valence-corrected chi connectivity index (χ2v) is 4.40. The Hall–Kier alpha value is -2.05. The van der Waals surface area contributed by atoms with Crippen LogP contribution in [0.15, 0.2) is 12.1 Å². The topological polar surface area (TPSA) is 69.4 Å². The number of nitrogens with zero attached hydrogens (tertiary/aromatic N) is 1. The van der Waals surface area contributed by atoms with Crippen LogP contribution in [0.2, 0.25) is 0 Å². The summed E-state index contributed by atoms with van der Waals surface area (Å²) < 4.78 is 31.0. The summed E-state index contributed by atoms with van der Waals surface area (Å²) in [7, 11) is 0. The van der Waals surface area contributed by atoms with Crippen molar-refractivity contribution in [1.82, 2.24) is 0 Å². The van der Waals surface area contributed by atoms with E-state index in [4.69, 9.17) is 4.74 Å². The summed E-state index contributed by atoms with van der Waals surface area (Å²) >= 11 is 0. The third-order valence-corrected chi connectivity index (χ3v) is 2.69. The maximum Gasteiger partial charge on any atom is 0.345 e. The van der Waals surface area contributed by atoms with Gasteiger partial charge >= 0.3 is 5.97 Å². The first-order valence-corrected chi connectivity index (χ1v) is 5.58. The van der Waals surface area contributed by atoms with Crippen molar-refractivity contribution in [1.29, 1.82) is 0 Å². The van der Waals surface area contributed by atoms with Crippen molar-refractivity contribution in [3.8, 4) is 0 Å². The average Bonchev–Trinajstić information content (AvgIpc) is 2.31. The Labute approximate surface area is 108 Å². The molecule has 0 heterocycles. The molecule has 0 fully saturated rings. The fourth-order valence-electron chi connectivity index (χ4n) is 1.22. The van der Waals surface area contributed by atoms with Gasteiger partial charge in [0, 0.05) is 0 Å². The van der Waals surface area contributed by atoms with E-state index in [1.54, 1.807) is 20.8 Å². The summed E-state index contributed by atoms with van der Waals surface area (Å²) in [5.74, 6) is -3.78. The normalized spacial score (nSPS) is 12.3. The lowest BCUT2D eigenvalue weighted by atomic mass is 10.1. The number of nitro groups is 1. The Kier molecular flexibility index (Phi) is 4.52. The van der Waals surface area contributed by atoms with Gasteiger partial charge < -0.3 is 4.74 Å². The highest BCUT2D eigenvalue weighted by Crippen LogP contribution is 2.24. The molecule has 5 nitrogen and oxygen atoms in total. The number of carbonyl (C=O) groups is 1. The van der Waals surface area contributed by atoms with Crippen LogP contribution >= 0.6 is 0 Å². The van der Waals surface area contributed by atoms with Gasteiger partial charge in [-0.1, -0.05) is 13.8 Å². The van der Waals surface area contributed by atoms with Gasteiger partial charge in [-0.2, -0.15) is 0 Å². The SMILES string of the molecule is CC(C)C(C)OC(=O)c1cc(F)c(F)cc1[N+](=O)[O-]. The number of benzene rings is 1. The molecule has 0 aromatic heterocycles. The van der Waals surface area contributed by atoms with Gasteiger partial charge in [-0.3, -0.25) is 10.1 Å². The number of esters is 1. The lowest BCUT2D eigenvalue weighted by Crippen LogP contribution is -2.21. The van der Waals surface area contributed by atoms with E-state index < -0.39 is 39.9 Å². The van der Waals surface area contributed by atoms with Gasteiger partial charge in [0.15, 0.2) is 11.6 Å². The van der Waals surface area contributed by atoms with Crippen molar-refractivity contribution in [2.24, 2.45) is 5.92 Å². The summed E-state index contributed by atoms with van der Waals surface area (Å²) in [5, 5.41) is 10.7. The fourth-order valence-corrected chi connectivity index (χ4v) is 1.22. The van der Waals surface area contributed by atoms with Gasteiger partial charge in [-0.05, 0) is 18.9 Å². The highest BCUT2D eigenvalue weighted by Gasteiger charge is 2.26. The van der Waals surface area contributed by atoms with Crippen LogP contribution in [-0.4, -0.2) is 17.0 Å². The molecular formula is C12H13F2NO4. The molecule has 0 aliphatic carbocycles. The zero-order valence-corrected chi connectivity index (χ0v) is 10.6. The molecule has 0 aliphatic heterocycles. The van der Waals surface area contributed by atoms with Crippen LogP contribution in [-0.2, 0) is 4.74 Å². The van der Waals surface area contributed by atoms with Crippen molar-refractivity contribution in [3.05, 3.63) is 39.4 Å². The van der Waals surface area contributed by atoms with E-state index in [0.29, 0.717) is 12.1 Å². The van der Waals surface area contributed by atoms with Crippen LogP contribution in [0, 0.1) is 27.7 Å². The van der Waals surface area contributed by atoms with Crippen LogP contribution in [0.1, 0.15) is 31.1 Å². The molecule has 1 unspecified atom stereocenters. The van der Waals surface area contributed by atoms with Crippen LogP contribution in [0.4, 0.5) is 14.5 Å². The molecule has 1 rings (SSSR count). The monoisotopic (exact) mass is 273 g/mol. The summed E-state index contributed by atoms with van der Waals surface area (Å²) in [6, 6.07) is 0.842. The number of hydrogen-bond donors (Lipinski definition) is 0. The van der Waals surface area contributed by atoms with Crippen LogP contribution in [0.5, 0.6) is 0 Å². The molecule has 0 N–H and O–H groups in total. The third kappa shape index (κ3) is 3.46. The maximum absolute atomic E-state index is 13.1. The van der Waals surface area contributed by atoms with Gasteiger partial charge in [-0.15, -0.1) is 0 Å². The molecular weight excluding hydrogens is 260 g/mol. The molecule has 0 amide bonds. The number of halogens is 2. The van der Waals surface area contributed by atoms with E-state index in [0.717, 1.165) is 0 Å². The summed E-state index contributed by atoms with van der Waals surface area (Å²) in [6.45, 7) is 5.18. The summed E-state index contributed by atoms with van der Waals surface area (Å²) in [5.41, 5.74) is -1.42. The van der Waals surface area contributed by atoms with Gasteiger partial charge in [0.1, 0.15) is 11.7 Å². The quantitative estimate of drug-likeness (QED) is 0.480. The number of rotatable bonds is 4. The van der Waals surface area contributed by atoms with Gasteiger partial charge in [0.25, 0.3) is 5.69 Å². The second-order valence-electron chi connectivity index (χ2n) is 4.40. The van der Waals surface area contributed by atoms with Crippen LogP contribution in [0.25, 0.3) is 0 Å². The average molecular weight is 273 g/mol. The Morgan fingerprint density at radius 2 is 1.79 bits per heavy atom. The molecule has 7 heteroatoms. The molecule has 1 aromatic carbocycles. The molecule has 0 radical (unpaired) electrons. The van der Waals surface area contributed by atoms with E-state index in [2.05, 4.69) is 0 Å². The predicted octanol–water partition coefficient (Wildman–Crippen LogP) is 3.07. The minimum absolute atomic E-state index is 0.00620. The Morgan fingerprint density at radius 3 is 2.26 bits per heavy atom. The highest BCUT2D eigenvalue weighted by atomic mass is 19.2. The standard InChI is InChI=1S/C12H13F2NO4/c1-6(2)7(3)19-12(16)8-4-9(13)10(14)5-11(8)15(17)18/h4-7H,1-3H3. The lowest BCUT2D eigenvalue weighted by molar-refractivity contribution is -0.385. The van der Waals surface area contributed by atoms with E-state index >= 15 is 0 Å². The first-order valence-electron chi connectivity index (χ1n) is 5.58. The van der Waals surface area contributed by atoms with Gasteiger partial charge in [-0.25, -0.2) is 13.6 Å². The van der Waals surface area contributed by atoms with Crippen molar-refractivity contribution in [2.75, 3.05) is 0 Å². The predicted molar refractivity (Wildman–Crippen MR) is 62.7 cm³/mol. The smallest absolute Gasteiger partial charge is 0.345 e. The van der Waals surface area contributed by atoms with Crippen molar-refractivity contribution < 1.29 is 23.2 Å². The van der Waals surface area contributed by atoms with E-state index in [1.165, 1.54) is 0 Å². The molecule has 0 saturated carbocycles. The molecule has 0 spiro atoms. The summed E-state index contributed by atoms with van der Waals surface area (Å²) in [6.07, 6.45) is -0.500. The molecule has 0 aliphatic rings. The molecule has 1 atom stereocenters. The van der Waals surface area contributed by atoms with E-state index in [1.807, 2.05) is 0 Å². The Balaban J connectivity index is 3.15. The van der Waals surface area contributed by atoms with Crippen molar-refractivity contribution in [2.45, 2.75) is 26.9 Å².